The van der Waals surface area contributed by atoms with Crippen LogP contribution in [0.3, 0.4) is 0 Å². The van der Waals surface area contributed by atoms with Gasteiger partial charge >= 0.3 is 0 Å². The summed E-state index contributed by atoms with van der Waals surface area (Å²) >= 11 is 0. The molecule has 0 saturated carbocycles. The van der Waals surface area contributed by atoms with Crippen molar-refractivity contribution in [3.8, 4) is 0 Å². The average Bonchev–Trinajstić information content (AvgIpc) is 2.87. The van der Waals surface area contributed by atoms with Crippen molar-refractivity contribution in [3.63, 3.8) is 0 Å². The van der Waals surface area contributed by atoms with Gasteiger partial charge in [0.2, 0.25) is 0 Å². The number of hydrogen-bond acceptors (Lipinski definition) is 2. The van der Waals surface area contributed by atoms with E-state index >= 15 is 0 Å². The maximum atomic E-state index is 3.54. The van der Waals surface area contributed by atoms with Crippen LogP contribution >= 0.6 is 12.4 Å². The molecule has 2 aliphatic heterocycles. The molecule has 2 nitrogen and oxygen atoms in total. The zero-order valence-corrected chi connectivity index (χ0v) is 12.1. The monoisotopic (exact) mass is 266 g/mol. The lowest BCUT2D eigenvalue weighted by molar-refractivity contribution is 0.316. The molecule has 3 heteroatoms. The van der Waals surface area contributed by atoms with Crippen LogP contribution in [0.2, 0.25) is 0 Å². The fourth-order valence-corrected chi connectivity index (χ4v) is 3.16. The zero-order valence-electron chi connectivity index (χ0n) is 11.3. The van der Waals surface area contributed by atoms with Crippen LogP contribution in [0.25, 0.3) is 0 Å². The molecular formula is C15H23ClN2. The van der Waals surface area contributed by atoms with Crippen LogP contribution in [0, 0.1) is 11.8 Å². The molecule has 100 valence electrons. The Labute approximate surface area is 116 Å². The molecule has 0 spiro atoms. The van der Waals surface area contributed by atoms with Gasteiger partial charge in [-0.2, -0.15) is 0 Å². The lowest BCUT2D eigenvalue weighted by Crippen LogP contribution is -2.20. The topological polar surface area (TPSA) is 15.3 Å². The van der Waals surface area contributed by atoms with Gasteiger partial charge in [0.05, 0.1) is 0 Å². The second-order valence-electron chi connectivity index (χ2n) is 5.78. The maximum absolute atomic E-state index is 3.54. The third kappa shape index (κ3) is 2.50. The molecule has 1 aromatic carbocycles. The van der Waals surface area contributed by atoms with Gasteiger partial charge in [0.15, 0.2) is 0 Å². The Balaban J connectivity index is 0.00000120. The van der Waals surface area contributed by atoms with Gasteiger partial charge in [-0.3, -0.25) is 4.90 Å². The Bertz CT molecular complexity index is 409. The van der Waals surface area contributed by atoms with E-state index in [1.165, 1.54) is 36.3 Å². The Morgan fingerprint density at radius 1 is 1.22 bits per heavy atom. The molecule has 1 saturated heterocycles. The van der Waals surface area contributed by atoms with E-state index in [9.17, 15) is 0 Å². The van der Waals surface area contributed by atoms with Gasteiger partial charge in [0, 0.05) is 31.9 Å². The number of fused-ring (bicyclic) bond motifs is 1. The molecule has 1 fully saturated rings. The largest absolute Gasteiger partial charge is 0.384 e. The number of para-hydroxylation sites is 1. The van der Waals surface area contributed by atoms with Crippen LogP contribution in [0.1, 0.15) is 25.0 Å². The van der Waals surface area contributed by atoms with E-state index in [1.807, 2.05) is 0 Å². The number of halogens is 1. The van der Waals surface area contributed by atoms with E-state index in [2.05, 4.69) is 42.3 Å². The highest BCUT2D eigenvalue weighted by Crippen LogP contribution is 2.30. The highest BCUT2D eigenvalue weighted by molar-refractivity contribution is 5.85. The van der Waals surface area contributed by atoms with Gasteiger partial charge in [-0.05, 0) is 29.4 Å². The average molecular weight is 267 g/mol. The smallest absolute Gasteiger partial charge is 0.0419 e. The molecule has 1 aromatic rings. The summed E-state index contributed by atoms with van der Waals surface area (Å²) in [5, 5.41) is 3.54. The Morgan fingerprint density at radius 2 is 1.94 bits per heavy atom. The van der Waals surface area contributed by atoms with Gasteiger partial charge in [-0.25, -0.2) is 0 Å². The summed E-state index contributed by atoms with van der Waals surface area (Å²) in [7, 11) is 0. The van der Waals surface area contributed by atoms with Gasteiger partial charge in [0.25, 0.3) is 0 Å². The molecule has 2 heterocycles. The second-order valence-corrected chi connectivity index (χ2v) is 5.78. The van der Waals surface area contributed by atoms with Gasteiger partial charge in [0.1, 0.15) is 0 Å². The van der Waals surface area contributed by atoms with Crippen molar-refractivity contribution >= 4 is 18.1 Å². The SMILES string of the molecule is CC1CN(Cc2cccc3c2NCC3)CC1C.Cl. The van der Waals surface area contributed by atoms with Crippen LogP contribution in [0.15, 0.2) is 18.2 Å². The molecule has 2 atom stereocenters. The van der Waals surface area contributed by atoms with Crippen LogP contribution in [-0.4, -0.2) is 24.5 Å². The van der Waals surface area contributed by atoms with Gasteiger partial charge in [-0.1, -0.05) is 32.0 Å². The van der Waals surface area contributed by atoms with E-state index in [1.54, 1.807) is 0 Å². The molecule has 0 aliphatic carbocycles. The first-order chi connectivity index (χ1) is 8.24. The van der Waals surface area contributed by atoms with Crippen molar-refractivity contribution in [2.75, 3.05) is 25.0 Å². The minimum atomic E-state index is 0. The van der Waals surface area contributed by atoms with E-state index in [0.29, 0.717) is 0 Å². The number of rotatable bonds is 2. The lowest BCUT2D eigenvalue weighted by Gasteiger charge is -2.18. The fourth-order valence-electron chi connectivity index (χ4n) is 3.16. The Morgan fingerprint density at radius 3 is 2.67 bits per heavy atom. The van der Waals surface area contributed by atoms with Crippen molar-refractivity contribution in [2.45, 2.75) is 26.8 Å². The normalized spacial score (nSPS) is 26.6. The minimum absolute atomic E-state index is 0. The van der Waals surface area contributed by atoms with Crippen molar-refractivity contribution in [2.24, 2.45) is 11.8 Å². The first-order valence-corrected chi connectivity index (χ1v) is 6.81. The van der Waals surface area contributed by atoms with Crippen LogP contribution in [0.5, 0.6) is 0 Å². The minimum Gasteiger partial charge on any atom is -0.384 e. The van der Waals surface area contributed by atoms with Crippen molar-refractivity contribution < 1.29 is 0 Å². The summed E-state index contributed by atoms with van der Waals surface area (Å²) in [6, 6.07) is 6.75. The summed E-state index contributed by atoms with van der Waals surface area (Å²) in [4.78, 5) is 2.60. The molecule has 2 unspecified atom stereocenters. The fraction of sp³-hybridized carbons (Fsp3) is 0.600. The standard InChI is InChI=1S/C15H22N2.ClH/c1-11-8-17(9-12(11)2)10-14-5-3-4-13-6-7-16-15(13)14;/h3-5,11-12,16H,6-10H2,1-2H3;1H. The molecule has 0 aromatic heterocycles. The zero-order chi connectivity index (χ0) is 11.8. The molecule has 0 bridgehead atoms. The molecule has 18 heavy (non-hydrogen) atoms. The lowest BCUT2D eigenvalue weighted by atomic mass is 10.0. The Kier molecular flexibility index (Phi) is 4.18. The number of hydrogen-bond donors (Lipinski definition) is 1. The molecule has 0 amide bonds. The molecular weight excluding hydrogens is 244 g/mol. The summed E-state index contributed by atoms with van der Waals surface area (Å²) in [5.41, 5.74) is 4.41. The number of benzene rings is 1. The van der Waals surface area contributed by atoms with Gasteiger partial charge < -0.3 is 5.32 Å². The van der Waals surface area contributed by atoms with Crippen LogP contribution in [0.4, 0.5) is 5.69 Å². The van der Waals surface area contributed by atoms with Crippen LogP contribution in [-0.2, 0) is 13.0 Å². The number of nitrogens with one attached hydrogen (secondary N) is 1. The molecule has 2 aliphatic rings. The number of nitrogens with zero attached hydrogens (tertiary/aromatic N) is 1. The summed E-state index contributed by atoms with van der Waals surface area (Å²) in [6.45, 7) is 9.48. The molecule has 1 N–H and O–H groups in total. The second kappa shape index (κ2) is 5.50. The van der Waals surface area contributed by atoms with E-state index in [-0.39, 0.29) is 12.4 Å². The number of likely N-dealkylation sites (tertiary alicyclic amines) is 1. The Hall–Kier alpha value is -0.730. The molecule has 3 rings (SSSR count). The molecule has 0 radical (unpaired) electrons. The van der Waals surface area contributed by atoms with E-state index in [0.717, 1.165) is 24.9 Å². The predicted molar refractivity (Wildman–Crippen MR) is 79.5 cm³/mol. The summed E-state index contributed by atoms with van der Waals surface area (Å²) in [5.74, 6) is 1.69. The van der Waals surface area contributed by atoms with Crippen molar-refractivity contribution in [1.82, 2.24) is 4.90 Å². The van der Waals surface area contributed by atoms with E-state index in [4.69, 9.17) is 0 Å². The van der Waals surface area contributed by atoms with Gasteiger partial charge in [-0.15, -0.1) is 12.4 Å². The first kappa shape index (κ1) is 13.7. The van der Waals surface area contributed by atoms with Crippen LogP contribution < -0.4 is 5.32 Å². The quantitative estimate of drug-likeness (QED) is 0.885. The first-order valence-electron chi connectivity index (χ1n) is 6.81. The number of anilines is 1. The highest BCUT2D eigenvalue weighted by Gasteiger charge is 2.26. The summed E-state index contributed by atoms with van der Waals surface area (Å²) in [6.07, 6.45) is 1.19. The highest BCUT2D eigenvalue weighted by atomic mass is 35.5. The third-order valence-electron chi connectivity index (χ3n) is 4.39. The summed E-state index contributed by atoms with van der Waals surface area (Å²) < 4.78 is 0. The predicted octanol–water partition coefficient (Wildman–Crippen LogP) is 3.16. The third-order valence-corrected chi connectivity index (χ3v) is 4.39. The van der Waals surface area contributed by atoms with Crippen molar-refractivity contribution in [3.05, 3.63) is 29.3 Å². The van der Waals surface area contributed by atoms with E-state index < -0.39 is 0 Å². The van der Waals surface area contributed by atoms with Crippen molar-refractivity contribution in [1.29, 1.82) is 0 Å². The maximum Gasteiger partial charge on any atom is 0.0419 e.